The number of likely N-dealkylation sites (N-methyl/N-ethyl adjacent to an activating group) is 1. The van der Waals surface area contributed by atoms with Crippen LogP contribution in [0.25, 0.3) is 6.08 Å². The van der Waals surface area contributed by atoms with Crippen LogP contribution in [0.1, 0.15) is 79.3 Å². The fraction of sp³-hybridized carbons (Fsp3) is 0.426. The second kappa shape index (κ2) is 20.6. The predicted octanol–water partition coefficient (Wildman–Crippen LogP) is 8.03. The zero-order valence-electron chi connectivity index (χ0n) is 34.9. The molecule has 6 unspecified atom stereocenters. The van der Waals surface area contributed by atoms with Crippen LogP contribution in [-0.2, 0) is 14.4 Å². The molecular formula is C47H55N3O11. The summed E-state index contributed by atoms with van der Waals surface area (Å²) in [6.45, 7) is 6.38. The first kappa shape index (κ1) is 44.7. The first-order valence-corrected chi connectivity index (χ1v) is 20.8. The van der Waals surface area contributed by atoms with Gasteiger partial charge in [-0.3, -0.25) is 19.7 Å². The molecule has 3 aromatic carbocycles. The van der Waals surface area contributed by atoms with E-state index in [4.69, 9.17) is 28.9 Å². The minimum absolute atomic E-state index is 0.00128. The molecule has 0 radical (unpaired) electrons. The molecule has 61 heavy (non-hydrogen) atoms. The highest BCUT2D eigenvalue weighted by molar-refractivity contribution is 6.03. The van der Waals surface area contributed by atoms with Crippen molar-refractivity contribution in [2.45, 2.75) is 69.6 Å². The number of fused-ring (bicyclic) bond motifs is 2. The minimum atomic E-state index is -1.45. The van der Waals surface area contributed by atoms with Crippen molar-refractivity contribution < 1.29 is 48.5 Å². The normalized spacial score (nSPS) is 23.3. The molecular weight excluding hydrogens is 783 g/mol. The van der Waals surface area contributed by atoms with E-state index < -0.39 is 22.7 Å². The number of non-ortho nitro benzene ring substituents is 1. The van der Waals surface area contributed by atoms with Crippen molar-refractivity contribution in [1.29, 1.82) is 0 Å². The fourth-order valence-electron chi connectivity index (χ4n) is 9.08. The van der Waals surface area contributed by atoms with E-state index in [1.165, 1.54) is 25.3 Å². The summed E-state index contributed by atoms with van der Waals surface area (Å²) in [5, 5.41) is 35.7. The van der Waals surface area contributed by atoms with E-state index in [1.54, 1.807) is 60.5 Å². The number of nitro benzene ring substituents is 1. The minimum Gasteiger partial charge on any atom is -0.496 e. The number of hydrogen-bond donors (Lipinski definition) is 2. The molecule has 0 saturated heterocycles. The summed E-state index contributed by atoms with van der Waals surface area (Å²) in [5.41, 5.74) is 3.34. The van der Waals surface area contributed by atoms with E-state index in [1.807, 2.05) is 19.1 Å². The molecule has 0 bridgehead atoms. The van der Waals surface area contributed by atoms with Gasteiger partial charge in [0, 0.05) is 56.4 Å². The van der Waals surface area contributed by atoms with E-state index >= 15 is 0 Å². The van der Waals surface area contributed by atoms with Crippen LogP contribution in [0.15, 0.2) is 96.2 Å². The van der Waals surface area contributed by atoms with Crippen molar-refractivity contribution in [2.24, 2.45) is 22.9 Å². The number of hydrogen-bond acceptors (Lipinski definition) is 12. The lowest BCUT2D eigenvalue weighted by atomic mass is 9.55. The smallest absolute Gasteiger partial charge is 0.269 e. The van der Waals surface area contributed by atoms with Gasteiger partial charge in [-0.05, 0) is 110 Å². The molecule has 14 nitrogen and oxygen atoms in total. The Labute approximate surface area is 356 Å². The first-order chi connectivity index (χ1) is 29.6. The molecule has 6 atom stereocenters. The summed E-state index contributed by atoms with van der Waals surface area (Å²) in [5.74, 6) is -0.599. The lowest BCUT2D eigenvalue weighted by Gasteiger charge is -2.59. The quantitative estimate of drug-likeness (QED) is 0.0265. The van der Waals surface area contributed by atoms with Gasteiger partial charge < -0.3 is 38.9 Å². The Morgan fingerprint density at radius 3 is 2.44 bits per heavy atom. The average Bonchev–Trinajstić information content (AvgIpc) is 3.27. The maximum atomic E-state index is 14.3. The van der Waals surface area contributed by atoms with Crippen LogP contribution < -0.4 is 14.2 Å². The second-order valence-corrected chi connectivity index (χ2v) is 15.4. The Morgan fingerprint density at radius 1 is 1.05 bits per heavy atom. The topological polar surface area (TPSA) is 179 Å². The highest BCUT2D eigenvalue weighted by atomic mass is 16.7. The zero-order valence-corrected chi connectivity index (χ0v) is 34.9. The van der Waals surface area contributed by atoms with Crippen LogP contribution >= 0.6 is 0 Å². The lowest BCUT2D eigenvalue weighted by molar-refractivity contribution is -0.384. The van der Waals surface area contributed by atoms with Crippen LogP contribution in [0, 0.1) is 27.9 Å². The molecule has 1 amide bonds. The molecule has 3 aliphatic rings. The number of ether oxygens (including phenoxy) is 4. The van der Waals surface area contributed by atoms with Gasteiger partial charge in [0.05, 0.1) is 35.8 Å². The zero-order chi connectivity index (χ0) is 43.5. The van der Waals surface area contributed by atoms with Crippen molar-refractivity contribution in [1.82, 2.24) is 4.90 Å². The molecule has 6 rings (SSSR count). The van der Waals surface area contributed by atoms with Gasteiger partial charge in [0.2, 0.25) is 11.7 Å². The van der Waals surface area contributed by atoms with Crippen LogP contribution in [0.5, 0.6) is 23.0 Å². The van der Waals surface area contributed by atoms with Gasteiger partial charge in [-0.25, -0.2) is 0 Å². The third-order valence-corrected chi connectivity index (χ3v) is 11.8. The molecule has 0 spiro atoms. The molecule has 1 aliphatic heterocycles. The number of unbranched alkanes of at least 4 members (excludes halogenated alkanes) is 2. The van der Waals surface area contributed by atoms with Crippen LogP contribution in [0.4, 0.5) is 5.69 Å². The predicted molar refractivity (Wildman–Crippen MR) is 230 cm³/mol. The lowest BCUT2D eigenvalue weighted by Crippen LogP contribution is -2.69. The van der Waals surface area contributed by atoms with Crippen molar-refractivity contribution in [3.8, 4) is 23.0 Å². The number of oxime groups is 1. The second-order valence-electron chi connectivity index (χ2n) is 15.4. The Morgan fingerprint density at radius 2 is 1.77 bits per heavy atom. The SMILES string of the molecule is C=CCOC12Oc3ccc(Oc4ccc(OC)c(C=O)c4)cc3C3C(CCCCO)C(CCCCO)C=C(C(=NOCC)CC1N(C)C(=O)C=Cc1ccc([N+](=O)[O-])cc1)C32. The van der Waals surface area contributed by atoms with E-state index in [-0.39, 0.29) is 55.6 Å². The van der Waals surface area contributed by atoms with Crippen LogP contribution in [-0.4, -0.2) is 90.4 Å². The molecule has 2 N–H and O–H groups in total. The molecule has 2 aliphatic carbocycles. The van der Waals surface area contributed by atoms with Gasteiger partial charge in [-0.15, -0.1) is 6.58 Å². The Balaban J connectivity index is 1.52. The molecule has 3 aromatic rings. The summed E-state index contributed by atoms with van der Waals surface area (Å²) in [6.07, 6.45) is 12.3. The number of carbonyl (C=O) groups excluding carboxylic acids is 2. The maximum Gasteiger partial charge on any atom is 0.269 e. The molecule has 324 valence electrons. The third kappa shape index (κ3) is 9.72. The van der Waals surface area contributed by atoms with Gasteiger partial charge in [0.1, 0.15) is 35.6 Å². The monoisotopic (exact) mass is 837 g/mol. The van der Waals surface area contributed by atoms with Gasteiger partial charge >= 0.3 is 0 Å². The molecule has 0 aromatic heterocycles. The standard InChI is InChI=1S/C47H55N3O11/c1-5-25-58-47-43(49(3)44(54)22-15-31-13-16-34(17-14-31)50(55)56)29-40(48-59-6-2)38-27-32(11-7-9-23-51)37(12-8-10-24-52)45(46(38)47)39-28-36(19-21-42(39)61-47)60-35-18-20-41(57-4)33(26-35)30-53/h5,13-22,26-28,30,32,37,43,45-46,51-52H,1,6-12,23-25,29H2,2-4H3. The summed E-state index contributed by atoms with van der Waals surface area (Å²) in [7, 11) is 3.20. The largest absolute Gasteiger partial charge is 0.496 e. The van der Waals surface area contributed by atoms with Crippen molar-refractivity contribution in [2.75, 3.05) is 40.6 Å². The number of rotatable bonds is 21. The highest BCUT2D eigenvalue weighted by Gasteiger charge is 2.65. The fourth-order valence-corrected chi connectivity index (χ4v) is 9.08. The number of nitro groups is 1. The van der Waals surface area contributed by atoms with Crippen LogP contribution in [0.2, 0.25) is 0 Å². The summed E-state index contributed by atoms with van der Waals surface area (Å²) in [6, 6.07) is 15.9. The van der Waals surface area contributed by atoms with Gasteiger partial charge in [0.15, 0.2) is 6.29 Å². The molecule has 1 fully saturated rings. The average molecular weight is 838 g/mol. The number of allylic oxidation sites excluding steroid dienone is 1. The van der Waals surface area contributed by atoms with E-state index in [2.05, 4.69) is 12.7 Å². The highest BCUT2D eigenvalue weighted by Crippen LogP contribution is 2.62. The summed E-state index contributed by atoms with van der Waals surface area (Å²) >= 11 is 0. The summed E-state index contributed by atoms with van der Waals surface area (Å²) < 4.78 is 25.9. The number of methoxy groups -OCH3 is 1. The number of carbonyl (C=O) groups is 2. The van der Waals surface area contributed by atoms with Gasteiger partial charge in [0.25, 0.3) is 5.69 Å². The van der Waals surface area contributed by atoms with E-state index in [0.29, 0.717) is 65.6 Å². The third-order valence-electron chi connectivity index (χ3n) is 11.8. The van der Waals surface area contributed by atoms with Gasteiger partial charge in [-0.2, -0.15) is 0 Å². The Bertz CT molecular complexity index is 2130. The Hall–Kier alpha value is -5.83. The molecule has 1 heterocycles. The molecule has 14 heteroatoms. The number of benzene rings is 3. The van der Waals surface area contributed by atoms with E-state index in [0.717, 1.165) is 36.8 Å². The van der Waals surface area contributed by atoms with Crippen LogP contribution in [0.3, 0.4) is 0 Å². The first-order valence-electron chi connectivity index (χ1n) is 20.8. The Kier molecular flexibility index (Phi) is 15.1. The molecule has 1 saturated carbocycles. The number of amides is 1. The van der Waals surface area contributed by atoms with Crippen molar-refractivity contribution in [3.63, 3.8) is 0 Å². The van der Waals surface area contributed by atoms with E-state index in [9.17, 15) is 29.9 Å². The number of aldehydes is 1. The van der Waals surface area contributed by atoms with Crippen molar-refractivity contribution >= 4 is 29.7 Å². The summed E-state index contributed by atoms with van der Waals surface area (Å²) in [4.78, 5) is 44.3. The number of nitrogens with zero attached hydrogens (tertiary/aromatic N) is 3. The number of aliphatic hydroxyl groups excluding tert-OH is 2. The number of aliphatic hydroxyl groups is 2. The van der Waals surface area contributed by atoms with Gasteiger partial charge in [-0.1, -0.05) is 30.1 Å². The maximum absolute atomic E-state index is 14.3. The van der Waals surface area contributed by atoms with Crippen molar-refractivity contribution in [3.05, 3.63) is 118 Å².